The van der Waals surface area contributed by atoms with Gasteiger partial charge >= 0.3 is 5.97 Å². The Balaban J connectivity index is 2.07. The van der Waals surface area contributed by atoms with Crippen molar-refractivity contribution in [2.75, 3.05) is 0 Å². The number of benzene rings is 2. The van der Waals surface area contributed by atoms with Crippen LogP contribution in [0.3, 0.4) is 0 Å². The van der Waals surface area contributed by atoms with E-state index in [4.69, 9.17) is 21.4 Å². The summed E-state index contributed by atoms with van der Waals surface area (Å²) < 4.78 is 5.71. The summed E-state index contributed by atoms with van der Waals surface area (Å²) in [4.78, 5) is 15.1. The van der Waals surface area contributed by atoms with Crippen LogP contribution >= 0.6 is 11.6 Å². The van der Waals surface area contributed by atoms with Gasteiger partial charge < -0.3 is 9.84 Å². The van der Waals surface area contributed by atoms with Gasteiger partial charge in [0.25, 0.3) is 0 Å². The summed E-state index contributed by atoms with van der Waals surface area (Å²) in [6, 6.07) is 14.6. The summed E-state index contributed by atoms with van der Waals surface area (Å²) in [5.74, 6) is -0.469. The van der Waals surface area contributed by atoms with E-state index in [0.29, 0.717) is 5.75 Å². The van der Waals surface area contributed by atoms with E-state index in [1.807, 2.05) is 36.4 Å². The number of carboxylic acids is 1. The normalized spacial score (nSPS) is 10.5. The molecular formula is C16H10ClNO3. The third kappa shape index (κ3) is 2.53. The predicted octanol–water partition coefficient (Wildman–Crippen LogP) is 4.38. The van der Waals surface area contributed by atoms with Gasteiger partial charge in [0.1, 0.15) is 10.8 Å². The highest BCUT2D eigenvalue weighted by molar-refractivity contribution is 6.34. The minimum Gasteiger partial charge on any atom is -0.478 e. The summed E-state index contributed by atoms with van der Waals surface area (Å²) in [5.41, 5.74) is -0.0399. The third-order valence-electron chi connectivity index (χ3n) is 3.04. The van der Waals surface area contributed by atoms with E-state index in [2.05, 4.69) is 4.98 Å². The number of nitrogens with zero attached hydrogens (tertiary/aromatic N) is 1. The molecule has 0 bridgehead atoms. The van der Waals surface area contributed by atoms with E-state index < -0.39 is 5.97 Å². The zero-order valence-corrected chi connectivity index (χ0v) is 11.5. The van der Waals surface area contributed by atoms with Crippen molar-refractivity contribution in [2.45, 2.75) is 0 Å². The van der Waals surface area contributed by atoms with Crippen molar-refractivity contribution in [3.63, 3.8) is 0 Å². The molecule has 0 saturated heterocycles. The van der Waals surface area contributed by atoms with Gasteiger partial charge in [-0.05, 0) is 17.5 Å². The van der Waals surface area contributed by atoms with Crippen molar-refractivity contribution in [3.8, 4) is 11.6 Å². The molecule has 104 valence electrons. The molecule has 4 nitrogen and oxygen atoms in total. The summed E-state index contributed by atoms with van der Waals surface area (Å²) in [7, 11) is 0. The van der Waals surface area contributed by atoms with E-state index in [0.717, 1.165) is 10.8 Å². The number of hydrogen-bond donors (Lipinski definition) is 1. The van der Waals surface area contributed by atoms with Crippen LogP contribution in [0.25, 0.3) is 10.8 Å². The number of fused-ring (bicyclic) bond motifs is 1. The van der Waals surface area contributed by atoms with Crippen molar-refractivity contribution < 1.29 is 14.6 Å². The largest absolute Gasteiger partial charge is 0.478 e. The average Bonchev–Trinajstić information content (AvgIpc) is 2.49. The fourth-order valence-corrected chi connectivity index (χ4v) is 2.28. The number of halogens is 1. The van der Waals surface area contributed by atoms with E-state index in [1.165, 1.54) is 12.3 Å². The van der Waals surface area contributed by atoms with Crippen molar-refractivity contribution in [1.82, 2.24) is 4.98 Å². The molecule has 1 aromatic heterocycles. The van der Waals surface area contributed by atoms with Crippen LogP contribution in [-0.4, -0.2) is 16.1 Å². The van der Waals surface area contributed by atoms with Gasteiger partial charge in [-0.2, -0.15) is 0 Å². The summed E-state index contributed by atoms with van der Waals surface area (Å²) in [5, 5.41) is 11.0. The molecule has 0 saturated carbocycles. The number of hydrogen-bond acceptors (Lipinski definition) is 3. The Kier molecular flexibility index (Phi) is 3.46. The molecule has 1 N–H and O–H groups in total. The maximum atomic E-state index is 11.1. The second-order valence-corrected chi connectivity index (χ2v) is 4.74. The number of ether oxygens (including phenoxy) is 1. The van der Waals surface area contributed by atoms with Crippen LogP contribution < -0.4 is 4.74 Å². The van der Waals surface area contributed by atoms with E-state index >= 15 is 0 Å². The zero-order valence-electron chi connectivity index (χ0n) is 10.8. The Morgan fingerprint density at radius 2 is 1.86 bits per heavy atom. The third-order valence-corrected chi connectivity index (χ3v) is 3.41. The quantitative estimate of drug-likeness (QED) is 0.779. The standard InChI is InChI=1S/C16H10ClNO3/c17-14-12(16(19)20)8-9-18-15(14)21-13-7-3-5-10-4-1-2-6-11(10)13/h1-9H,(H,19,20). The first kappa shape index (κ1) is 13.4. The fourth-order valence-electron chi connectivity index (χ4n) is 2.05. The van der Waals surface area contributed by atoms with Crippen LogP contribution in [0.1, 0.15) is 10.4 Å². The number of carboxylic acid groups (broad SMARTS) is 1. The summed E-state index contributed by atoms with van der Waals surface area (Å²) >= 11 is 6.04. The monoisotopic (exact) mass is 299 g/mol. The van der Waals surface area contributed by atoms with Crippen LogP contribution in [0, 0.1) is 0 Å². The summed E-state index contributed by atoms with van der Waals surface area (Å²) in [6.45, 7) is 0. The second-order valence-electron chi connectivity index (χ2n) is 4.36. The van der Waals surface area contributed by atoms with Crippen LogP contribution in [0.4, 0.5) is 0 Å². The van der Waals surface area contributed by atoms with E-state index in [9.17, 15) is 4.79 Å². The Labute approximate surface area is 125 Å². The SMILES string of the molecule is O=C(O)c1ccnc(Oc2cccc3ccccc23)c1Cl. The van der Waals surface area contributed by atoms with Gasteiger partial charge in [0.15, 0.2) is 0 Å². The number of aromatic nitrogens is 1. The lowest BCUT2D eigenvalue weighted by atomic mass is 10.1. The smallest absolute Gasteiger partial charge is 0.337 e. The molecule has 0 spiro atoms. The molecule has 1 heterocycles. The molecule has 0 aliphatic rings. The summed E-state index contributed by atoms with van der Waals surface area (Å²) in [6.07, 6.45) is 1.36. The van der Waals surface area contributed by atoms with Crippen molar-refractivity contribution in [2.24, 2.45) is 0 Å². The van der Waals surface area contributed by atoms with Gasteiger partial charge in [0.05, 0.1) is 5.56 Å². The maximum absolute atomic E-state index is 11.1. The second kappa shape index (κ2) is 5.42. The molecular weight excluding hydrogens is 290 g/mol. The minimum atomic E-state index is -1.12. The highest BCUT2D eigenvalue weighted by atomic mass is 35.5. The highest BCUT2D eigenvalue weighted by Crippen LogP contribution is 2.33. The molecule has 0 aliphatic carbocycles. The molecule has 0 fully saturated rings. The van der Waals surface area contributed by atoms with Gasteiger partial charge in [-0.1, -0.05) is 48.0 Å². The Bertz CT molecular complexity index is 827. The van der Waals surface area contributed by atoms with Crippen LogP contribution in [-0.2, 0) is 0 Å². The van der Waals surface area contributed by atoms with E-state index in [-0.39, 0.29) is 16.5 Å². The van der Waals surface area contributed by atoms with Gasteiger partial charge in [0, 0.05) is 11.6 Å². The zero-order chi connectivity index (χ0) is 14.8. The molecule has 0 aliphatic heterocycles. The maximum Gasteiger partial charge on any atom is 0.337 e. The van der Waals surface area contributed by atoms with Gasteiger partial charge in [-0.15, -0.1) is 0 Å². The molecule has 2 aromatic carbocycles. The van der Waals surface area contributed by atoms with Crippen molar-refractivity contribution >= 4 is 28.3 Å². The van der Waals surface area contributed by atoms with Crippen LogP contribution in [0.2, 0.25) is 5.02 Å². The molecule has 0 amide bonds. The Morgan fingerprint density at radius 3 is 2.67 bits per heavy atom. The first-order valence-electron chi connectivity index (χ1n) is 6.20. The predicted molar refractivity (Wildman–Crippen MR) is 80.2 cm³/mol. The molecule has 0 atom stereocenters. The first-order valence-corrected chi connectivity index (χ1v) is 6.58. The lowest BCUT2D eigenvalue weighted by Crippen LogP contribution is -2.00. The number of aromatic carboxylic acids is 1. The first-order chi connectivity index (χ1) is 10.2. The molecule has 3 aromatic rings. The van der Waals surface area contributed by atoms with Crippen LogP contribution in [0.5, 0.6) is 11.6 Å². The highest BCUT2D eigenvalue weighted by Gasteiger charge is 2.15. The average molecular weight is 300 g/mol. The lowest BCUT2D eigenvalue weighted by molar-refractivity contribution is 0.0696. The minimum absolute atomic E-state index is 0.0158. The van der Waals surface area contributed by atoms with Crippen LogP contribution in [0.15, 0.2) is 54.7 Å². The topological polar surface area (TPSA) is 59.4 Å². The van der Waals surface area contributed by atoms with Crippen molar-refractivity contribution in [3.05, 3.63) is 65.3 Å². The van der Waals surface area contributed by atoms with E-state index in [1.54, 1.807) is 6.07 Å². The number of carbonyl (C=O) groups is 1. The van der Waals surface area contributed by atoms with Gasteiger partial charge in [-0.3, -0.25) is 0 Å². The van der Waals surface area contributed by atoms with Crippen molar-refractivity contribution in [1.29, 1.82) is 0 Å². The fraction of sp³-hybridized carbons (Fsp3) is 0. The Hall–Kier alpha value is -2.59. The Morgan fingerprint density at radius 1 is 1.10 bits per heavy atom. The molecule has 0 radical (unpaired) electrons. The molecule has 21 heavy (non-hydrogen) atoms. The molecule has 3 rings (SSSR count). The number of pyridine rings is 1. The lowest BCUT2D eigenvalue weighted by Gasteiger charge is -2.10. The molecule has 5 heteroatoms. The molecule has 0 unspecified atom stereocenters. The van der Waals surface area contributed by atoms with Gasteiger partial charge in [0.2, 0.25) is 5.88 Å². The number of rotatable bonds is 3. The van der Waals surface area contributed by atoms with Gasteiger partial charge in [-0.25, -0.2) is 9.78 Å².